The Hall–Kier alpha value is -1.88. The highest BCUT2D eigenvalue weighted by atomic mass is 79.9. The number of ether oxygens (including phenoxy) is 1. The van der Waals surface area contributed by atoms with Crippen molar-refractivity contribution in [2.24, 2.45) is 0 Å². The minimum absolute atomic E-state index is 0.113. The van der Waals surface area contributed by atoms with Gasteiger partial charge < -0.3 is 9.84 Å². The fourth-order valence-electron chi connectivity index (χ4n) is 1.82. The van der Waals surface area contributed by atoms with Gasteiger partial charge >= 0.3 is 5.97 Å². The summed E-state index contributed by atoms with van der Waals surface area (Å²) >= 11 is 3.26. The molecular formula is C15H14BrNO3. The third kappa shape index (κ3) is 3.17. The van der Waals surface area contributed by atoms with E-state index in [4.69, 9.17) is 4.74 Å². The number of hydrogen-bond donors (Lipinski definition) is 1. The normalized spacial score (nSPS) is 10.3. The summed E-state index contributed by atoms with van der Waals surface area (Å²) in [6, 6.07) is 8.55. The molecule has 0 amide bonds. The standard InChI is InChI=1S/C15H14BrNO3/c1-3-12-14(6-4-9(2)17-12)20-13-7-5-10(16)8-11(13)15(18)19/h4-8H,3H2,1-2H3,(H,18,19). The quantitative estimate of drug-likeness (QED) is 0.909. The fourth-order valence-corrected chi connectivity index (χ4v) is 2.18. The largest absolute Gasteiger partial charge is 0.478 e. The summed E-state index contributed by atoms with van der Waals surface area (Å²) in [7, 11) is 0. The van der Waals surface area contributed by atoms with Crippen molar-refractivity contribution < 1.29 is 14.6 Å². The van der Waals surface area contributed by atoms with Crippen molar-refractivity contribution >= 4 is 21.9 Å². The maximum absolute atomic E-state index is 11.3. The molecule has 0 bridgehead atoms. The van der Waals surface area contributed by atoms with E-state index in [1.54, 1.807) is 12.1 Å². The fraction of sp³-hybridized carbons (Fsp3) is 0.200. The molecule has 2 rings (SSSR count). The number of carboxylic acid groups (broad SMARTS) is 1. The smallest absolute Gasteiger partial charge is 0.339 e. The summed E-state index contributed by atoms with van der Waals surface area (Å²) in [6.45, 7) is 3.89. The summed E-state index contributed by atoms with van der Waals surface area (Å²) in [5, 5.41) is 9.22. The Morgan fingerprint density at radius 1 is 1.30 bits per heavy atom. The van der Waals surface area contributed by atoms with Gasteiger partial charge in [0.25, 0.3) is 0 Å². The molecule has 0 aliphatic carbocycles. The lowest BCUT2D eigenvalue weighted by atomic mass is 10.2. The van der Waals surface area contributed by atoms with Crippen molar-refractivity contribution in [1.29, 1.82) is 0 Å². The van der Waals surface area contributed by atoms with Crippen LogP contribution in [0.1, 0.15) is 28.7 Å². The van der Waals surface area contributed by atoms with E-state index in [9.17, 15) is 9.90 Å². The molecule has 2 aromatic rings. The molecule has 0 aliphatic heterocycles. The number of rotatable bonds is 4. The van der Waals surface area contributed by atoms with Gasteiger partial charge in [-0.3, -0.25) is 4.98 Å². The number of nitrogens with zero attached hydrogens (tertiary/aromatic N) is 1. The second kappa shape index (κ2) is 6.05. The lowest BCUT2D eigenvalue weighted by Crippen LogP contribution is -2.02. The number of halogens is 1. The third-order valence-electron chi connectivity index (χ3n) is 2.80. The molecular weight excluding hydrogens is 322 g/mol. The number of aromatic carboxylic acids is 1. The van der Waals surface area contributed by atoms with E-state index >= 15 is 0 Å². The molecule has 4 nitrogen and oxygen atoms in total. The van der Waals surface area contributed by atoms with Gasteiger partial charge in [0.05, 0.1) is 5.69 Å². The third-order valence-corrected chi connectivity index (χ3v) is 3.29. The Balaban J connectivity index is 2.42. The van der Waals surface area contributed by atoms with Gasteiger partial charge in [0.1, 0.15) is 17.1 Å². The van der Waals surface area contributed by atoms with Gasteiger partial charge in [0.2, 0.25) is 0 Å². The maximum atomic E-state index is 11.3. The maximum Gasteiger partial charge on any atom is 0.339 e. The summed E-state index contributed by atoms with van der Waals surface area (Å²) in [5.41, 5.74) is 1.83. The summed E-state index contributed by atoms with van der Waals surface area (Å²) in [6.07, 6.45) is 0.718. The Morgan fingerprint density at radius 2 is 2.00 bits per heavy atom. The van der Waals surface area contributed by atoms with Crippen molar-refractivity contribution in [2.75, 3.05) is 0 Å². The predicted molar refractivity (Wildman–Crippen MR) is 79.5 cm³/mol. The van der Waals surface area contributed by atoms with Gasteiger partial charge in [0, 0.05) is 10.2 Å². The van der Waals surface area contributed by atoms with E-state index in [0.717, 1.165) is 17.8 Å². The number of aryl methyl sites for hydroxylation is 2. The summed E-state index contributed by atoms with van der Waals surface area (Å²) in [4.78, 5) is 15.7. The molecule has 0 aliphatic rings. The Morgan fingerprint density at radius 3 is 2.65 bits per heavy atom. The Labute approximate surface area is 125 Å². The van der Waals surface area contributed by atoms with Crippen LogP contribution in [0.15, 0.2) is 34.8 Å². The van der Waals surface area contributed by atoms with Crippen LogP contribution in [0.2, 0.25) is 0 Å². The average molecular weight is 336 g/mol. The first-order valence-corrected chi connectivity index (χ1v) is 6.97. The van der Waals surface area contributed by atoms with Crippen molar-refractivity contribution in [1.82, 2.24) is 4.98 Å². The molecule has 0 atom stereocenters. The van der Waals surface area contributed by atoms with Crippen molar-refractivity contribution in [2.45, 2.75) is 20.3 Å². The molecule has 0 saturated heterocycles. The molecule has 5 heteroatoms. The van der Waals surface area contributed by atoms with E-state index in [2.05, 4.69) is 20.9 Å². The first-order valence-electron chi connectivity index (χ1n) is 6.18. The lowest BCUT2D eigenvalue weighted by Gasteiger charge is -2.12. The first-order chi connectivity index (χ1) is 9.51. The lowest BCUT2D eigenvalue weighted by molar-refractivity contribution is 0.0694. The van der Waals surface area contributed by atoms with Gasteiger partial charge in [-0.25, -0.2) is 4.79 Å². The summed E-state index contributed by atoms with van der Waals surface area (Å²) < 4.78 is 6.43. The van der Waals surface area contributed by atoms with Gasteiger partial charge in [-0.05, 0) is 43.7 Å². The molecule has 104 valence electrons. The van der Waals surface area contributed by atoms with E-state index in [1.807, 2.05) is 26.0 Å². The topological polar surface area (TPSA) is 59.4 Å². The molecule has 0 radical (unpaired) electrons. The minimum Gasteiger partial charge on any atom is -0.478 e. The van der Waals surface area contributed by atoms with Crippen LogP contribution in [0.3, 0.4) is 0 Å². The Bertz CT molecular complexity index is 656. The van der Waals surface area contributed by atoms with Gasteiger partial charge in [0.15, 0.2) is 0 Å². The number of benzene rings is 1. The second-order valence-electron chi connectivity index (χ2n) is 4.30. The van der Waals surface area contributed by atoms with Crippen molar-refractivity contribution in [3.8, 4) is 11.5 Å². The zero-order valence-electron chi connectivity index (χ0n) is 11.2. The summed E-state index contributed by atoms with van der Waals surface area (Å²) in [5.74, 6) is -0.136. The molecule has 0 saturated carbocycles. The van der Waals surface area contributed by atoms with E-state index < -0.39 is 5.97 Å². The van der Waals surface area contributed by atoms with Crippen LogP contribution in [0.5, 0.6) is 11.5 Å². The van der Waals surface area contributed by atoms with Crippen LogP contribution in [0, 0.1) is 6.92 Å². The second-order valence-corrected chi connectivity index (χ2v) is 5.21. The van der Waals surface area contributed by atoms with Crippen LogP contribution >= 0.6 is 15.9 Å². The van der Waals surface area contributed by atoms with Crippen molar-refractivity contribution in [3.63, 3.8) is 0 Å². The highest BCUT2D eigenvalue weighted by molar-refractivity contribution is 9.10. The monoisotopic (exact) mass is 335 g/mol. The number of carbonyl (C=O) groups is 1. The molecule has 0 unspecified atom stereocenters. The predicted octanol–water partition coefficient (Wildman–Crippen LogP) is 4.21. The molecule has 20 heavy (non-hydrogen) atoms. The minimum atomic E-state index is -1.03. The molecule has 0 fully saturated rings. The Kier molecular flexibility index (Phi) is 4.39. The van der Waals surface area contributed by atoms with Crippen LogP contribution < -0.4 is 4.74 Å². The number of pyridine rings is 1. The average Bonchev–Trinajstić information content (AvgIpc) is 2.42. The van der Waals surface area contributed by atoms with E-state index in [0.29, 0.717) is 16.0 Å². The van der Waals surface area contributed by atoms with Gasteiger partial charge in [-0.1, -0.05) is 22.9 Å². The molecule has 1 aromatic heterocycles. The number of aromatic nitrogens is 1. The van der Waals surface area contributed by atoms with Crippen molar-refractivity contribution in [3.05, 3.63) is 51.8 Å². The molecule has 1 heterocycles. The highest BCUT2D eigenvalue weighted by Gasteiger charge is 2.14. The zero-order valence-corrected chi connectivity index (χ0v) is 12.8. The number of hydrogen-bond acceptors (Lipinski definition) is 3. The van der Waals surface area contributed by atoms with Crippen LogP contribution in [0.25, 0.3) is 0 Å². The van der Waals surface area contributed by atoms with E-state index in [-0.39, 0.29) is 5.56 Å². The SMILES string of the molecule is CCc1nc(C)ccc1Oc1ccc(Br)cc1C(=O)O. The van der Waals surface area contributed by atoms with Crippen LogP contribution in [-0.4, -0.2) is 16.1 Å². The first kappa shape index (κ1) is 14.5. The van der Waals surface area contributed by atoms with E-state index in [1.165, 1.54) is 6.07 Å². The highest BCUT2D eigenvalue weighted by Crippen LogP contribution is 2.30. The molecule has 1 N–H and O–H groups in total. The van der Waals surface area contributed by atoms with Gasteiger partial charge in [-0.2, -0.15) is 0 Å². The van der Waals surface area contributed by atoms with Gasteiger partial charge in [-0.15, -0.1) is 0 Å². The molecule has 1 aromatic carbocycles. The number of carboxylic acids is 1. The van der Waals surface area contributed by atoms with Crippen LogP contribution in [0.4, 0.5) is 0 Å². The molecule has 0 spiro atoms. The zero-order chi connectivity index (χ0) is 14.7. The van der Waals surface area contributed by atoms with Crippen LogP contribution in [-0.2, 0) is 6.42 Å².